The summed E-state index contributed by atoms with van der Waals surface area (Å²) in [5.74, 6) is 1.16. The average Bonchev–Trinajstić information content (AvgIpc) is 2.87. The average molecular weight is 305 g/mol. The maximum Gasteiger partial charge on any atom is 0.191 e. The lowest BCUT2D eigenvalue weighted by atomic mass is 10.3. The highest BCUT2D eigenvalue weighted by molar-refractivity contribution is 7.99. The molecule has 0 radical (unpaired) electrons. The Morgan fingerprint density at radius 3 is 2.75 bits per heavy atom. The molecule has 0 aromatic carbocycles. The fraction of sp³-hybridized carbons (Fsp3) is 0.600. The molecule has 0 saturated heterocycles. The third kappa shape index (κ3) is 2.66. The molecule has 2 aliphatic rings. The molecule has 0 N–H and O–H groups in total. The third-order valence-electron chi connectivity index (χ3n) is 4.13. The van der Waals surface area contributed by atoms with Crippen LogP contribution in [0.25, 0.3) is 0 Å². The SMILES string of the molecule is c1csc(Cc2nnc(SC3CCCC3)n2C2CC2)c1. The predicted molar refractivity (Wildman–Crippen MR) is 83.5 cm³/mol. The number of thiophene rings is 1. The van der Waals surface area contributed by atoms with Gasteiger partial charge in [0, 0.05) is 22.6 Å². The number of hydrogen-bond acceptors (Lipinski definition) is 4. The highest BCUT2D eigenvalue weighted by Gasteiger charge is 2.31. The summed E-state index contributed by atoms with van der Waals surface area (Å²) in [5.41, 5.74) is 0. The zero-order chi connectivity index (χ0) is 13.4. The summed E-state index contributed by atoms with van der Waals surface area (Å²) in [7, 11) is 0. The molecule has 0 unspecified atom stereocenters. The van der Waals surface area contributed by atoms with Crippen LogP contribution in [0.4, 0.5) is 0 Å². The van der Waals surface area contributed by atoms with Crippen LogP contribution >= 0.6 is 23.1 Å². The summed E-state index contributed by atoms with van der Waals surface area (Å²) in [6.07, 6.45) is 9.01. The number of rotatable bonds is 5. The second-order valence-corrected chi connectivity index (χ2v) is 8.08. The standard InChI is InChI=1S/C15H19N3S2/c1-2-5-12(4-1)20-15-17-16-14(18(15)11-7-8-11)10-13-6-3-9-19-13/h3,6,9,11-12H,1-2,4-5,7-8,10H2. The van der Waals surface area contributed by atoms with Gasteiger partial charge in [0.05, 0.1) is 0 Å². The van der Waals surface area contributed by atoms with Crippen LogP contribution in [0.3, 0.4) is 0 Å². The van der Waals surface area contributed by atoms with E-state index in [-0.39, 0.29) is 0 Å². The molecule has 0 amide bonds. The van der Waals surface area contributed by atoms with Crippen molar-refractivity contribution in [3.05, 3.63) is 28.2 Å². The number of hydrogen-bond donors (Lipinski definition) is 0. The molecular weight excluding hydrogens is 286 g/mol. The minimum atomic E-state index is 0.670. The molecule has 0 bridgehead atoms. The van der Waals surface area contributed by atoms with E-state index in [1.54, 1.807) is 0 Å². The molecule has 0 spiro atoms. The zero-order valence-electron chi connectivity index (χ0n) is 11.5. The minimum Gasteiger partial charge on any atom is -0.303 e. The summed E-state index contributed by atoms with van der Waals surface area (Å²) < 4.78 is 2.43. The molecule has 4 rings (SSSR count). The van der Waals surface area contributed by atoms with E-state index in [0.717, 1.165) is 17.5 Å². The van der Waals surface area contributed by atoms with Gasteiger partial charge in [-0.15, -0.1) is 21.5 Å². The first-order valence-electron chi connectivity index (χ1n) is 7.53. The predicted octanol–water partition coefficient (Wildman–Crippen LogP) is 4.30. The second-order valence-electron chi connectivity index (χ2n) is 5.78. The molecule has 3 nitrogen and oxygen atoms in total. The molecular formula is C15H19N3S2. The topological polar surface area (TPSA) is 30.7 Å². The lowest BCUT2D eigenvalue weighted by Crippen LogP contribution is -2.05. The molecule has 2 fully saturated rings. The van der Waals surface area contributed by atoms with Gasteiger partial charge in [0.1, 0.15) is 5.82 Å². The number of aromatic nitrogens is 3. The van der Waals surface area contributed by atoms with Crippen LogP contribution < -0.4 is 0 Å². The first-order valence-corrected chi connectivity index (χ1v) is 9.29. The van der Waals surface area contributed by atoms with Crippen LogP contribution in [0.5, 0.6) is 0 Å². The fourth-order valence-corrected chi connectivity index (χ4v) is 4.96. The first-order chi connectivity index (χ1) is 9.90. The summed E-state index contributed by atoms with van der Waals surface area (Å²) in [5, 5.41) is 13.1. The van der Waals surface area contributed by atoms with Gasteiger partial charge in [-0.2, -0.15) is 0 Å². The molecule has 0 aliphatic heterocycles. The van der Waals surface area contributed by atoms with Gasteiger partial charge in [0.2, 0.25) is 0 Å². The molecule has 2 heterocycles. The van der Waals surface area contributed by atoms with E-state index in [1.807, 2.05) is 23.1 Å². The van der Waals surface area contributed by atoms with E-state index in [9.17, 15) is 0 Å². The van der Waals surface area contributed by atoms with Crippen molar-refractivity contribution in [3.8, 4) is 0 Å². The Morgan fingerprint density at radius 2 is 2.05 bits per heavy atom. The lowest BCUT2D eigenvalue weighted by Gasteiger charge is -2.11. The van der Waals surface area contributed by atoms with Gasteiger partial charge in [-0.25, -0.2) is 0 Å². The van der Waals surface area contributed by atoms with Gasteiger partial charge in [-0.3, -0.25) is 0 Å². The molecule has 20 heavy (non-hydrogen) atoms. The van der Waals surface area contributed by atoms with E-state index in [4.69, 9.17) is 0 Å². The monoisotopic (exact) mass is 305 g/mol. The number of thioether (sulfide) groups is 1. The fourth-order valence-electron chi connectivity index (χ4n) is 2.93. The van der Waals surface area contributed by atoms with Gasteiger partial charge in [0.25, 0.3) is 0 Å². The van der Waals surface area contributed by atoms with Crippen LogP contribution in [0.2, 0.25) is 0 Å². The quantitative estimate of drug-likeness (QED) is 0.825. The Kier molecular flexibility index (Phi) is 3.56. The van der Waals surface area contributed by atoms with Crippen molar-refractivity contribution < 1.29 is 0 Å². The molecule has 2 saturated carbocycles. The van der Waals surface area contributed by atoms with Crippen molar-refractivity contribution in [3.63, 3.8) is 0 Å². The van der Waals surface area contributed by atoms with Crippen molar-refractivity contribution in [1.82, 2.24) is 14.8 Å². The van der Waals surface area contributed by atoms with Crippen LogP contribution in [-0.4, -0.2) is 20.0 Å². The number of nitrogens with zero attached hydrogens (tertiary/aromatic N) is 3. The van der Waals surface area contributed by atoms with Gasteiger partial charge in [0.15, 0.2) is 5.16 Å². The summed E-state index contributed by atoms with van der Waals surface area (Å²) in [6.45, 7) is 0. The third-order valence-corrected chi connectivity index (χ3v) is 6.30. The van der Waals surface area contributed by atoms with Crippen molar-refractivity contribution in [2.75, 3.05) is 0 Å². The van der Waals surface area contributed by atoms with E-state index in [2.05, 4.69) is 32.3 Å². The Balaban J connectivity index is 1.57. The highest BCUT2D eigenvalue weighted by atomic mass is 32.2. The van der Waals surface area contributed by atoms with Crippen molar-refractivity contribution in [1.29, 1.82) is 0 Å². The van der Waals surface area contributed by atoms with Crippen molar-refractivity contribution >= 4 is 23.1 Å². The van der Waals surface area contributed by atoms with E-state index in [1.165, 1.54) is 48.6 Å². The Hall–Kier alpha value is -0.810. The Morgan fingerprint density at radius 1 is 1.20 bits per heavy atom. The van der Waals surface area contributed by atoms with E-state index >= 15 is 0 Å². The normalized spacial score (nSPS) is 19.8. The minimum absolute atomic E-state index is 0.670. The summed E-state index contributed by atoms with van der Waals surface area (Å²) in [6, 6.07) is 4.98. The second kappa shape index (κ2) is 5.53. The van der Waals surface area contributed by atoms with Crippen LogP contribution in [-0.2, 0) is 6.42 Å². The Bertz CT molecular complexity index is 566. The zero-order valence-corrected chi connectivity index (χ0v) is 13.1. The van der Waals surface area contributed by atoms with Gasteiger partial charge < -0.3 is 4.57 Å². The molecule has 2 aromatic heterocycles. The maximum absolute atomic E-state index is 4.50. The highest BCUT2D eigenvalue weighted by Crippen LogP contribution is 2.42. The largest absolute Gasteiger partial charge is 0.303 e. The van der Waals surface area contributed by atoms with Crippen molar-refractivity contribution in [2.24, 2.45) is 0 Å². The molecule has 2 aliphatic carbocycles. The van der Waals surface area contributed by atoms with Crippen molar-refractivity contribution in [2.45, 2.75) is 61.4 Å². The summed E-state index contributed by atoms with van der Waals surface area (Å²) >= 11 is 3.79. The maximum atomic E-state index is 4.50. The molecule has 2 aromatic rings. The van der Waals surface area contributed by atoms with Gasteiger partial charge in [-0.1, -0.05) is 30.7 Å². The molecule has 106 valence electrons. The first kappa shape index (κ1) is 12.9. The van der Waals surface area contributed by atoms with E-state index < -0.39 is 0 Å². The Labute approximate surface area is 127 Å². The van der Waals surface area contributed by atoms with Gasteiger partial charge >= 0.3 is 0 Å². The molecule has 5 heteroatoms. The molecule has 0 atom stereocenters. The lowest BCUT2D eigenvalue weighted by molar-refractivity contribution is 0.633. The van der Waals surface area contributed by atoms with Gasteiger partial charge in [-0.05, 0) is 37.1 Å². The summed E-state index contributed by atoms with van der Waals surface area (Å²) in [4.78, 5) is 1.39. The van der Waals surface area contributed by atoms with Crippen LogP contribution in [0.1, 0.15) is 55.3 Å². The smallest absolute Gasteiger partial charge is 0.191 e. The van der Waals surface area contributed by atoms with Crippen LogP contribution in [0, 0.1) is 0 Å². The van der Waals surface area contributed by atoms with E-state index in [0.29, 0.717) is 6.04 Å². The van der Waals surface area contributed by atoms with Crippen LogP contribution in [0.15, 0.2) is 22.7 Å².